The van der Waals surface area contributed by atoms with Crippen molar-refractivity contribution < 1.29 is 13.2 Å². The minimum Gasteiger partial charge on any atom is -0.352 e. The van der Waals surface area contributed by atoms with Gasteiger partial charge in [-0.2, -0.15) is 0 Å². The van der Waals surface area contributed by atoms with E-state index in [9.17, 15) is 13.2 Å². The van der Waals surface area contributed by atoms with E-state index in [4.69, 9.17) is 34.8 Å². The highest BCUT2D eigenvalue weighted by atomic mass is 35.5. The number of hydrogen-bond acceptors (Lipinski definition) is 3. The molecule has 2 N–H and O–H groups in total. The van der Waals surface area contributed by atoms with Gasteiger partial charge in [0.1, 0.15) is 0 Å². The monoisotopic (exact) mass is 434 g/mol. The number of anilines is 1. The number of rotatable bonds is 6. The van der Waals surface area contributed by atoms with Gasteiger partial charge < -0.3 is 5.32 Å². The summed E-state index contributed by atoms with van der Waals surface area (Å²) in [6, 6.07) is 9.89. The SMILES string of the molecule is CC(C(=O)NCc1ccc(Cl)c(Cl)c1)c1ccc(NS(C)(=O)=O)c(Cl)c1. The Hall–Kier alpha value is -1.47. The lowest BCUT2D eigenvalue weighted by atomic mass is 10.00. The van der Waals surface area contributed by atoms with E-state index in [2.05, 4.69) is 10.0 Å². The van der Waals surface area contributed by atoms with Gasteiger partial charge in [-0.1, -0.05) is 46.9 Å². The molecule has 140 valence electrons. The molecule has 0 aliphatic heterocycles. The van der Waals surface area contributed by atoms with Crippen LogP contribution in [0.5, 0.6) is 0 Å². The Morgan fingerprint density at radius 2 is 1.73 bits per heavy atom. The average Bonchev–Trinajstić information content (AvgIpc) is 2.55. The maximum absolute atomic E-state index is 12.4. The molecule has 1 atom stereocenters. The Morgan fingerprint density at radius 3 is 2.31 bits per heavy atom. The quantitative estimate of drug-likeness (QED) is 0.704. The van der Waals surface area contributed by atoms with Gasteiger partial charge in [0, 0.05) is 6.54 Å². The molecule has 0 aromatic heterocycles. The van der Waals surface area contributed by atoms with E-state index >= 15 is 0 Å². The number of sulfonamides is 1. The molecule has 0 saturated carbocycles. The summed E-state index contributed by atoms with van der Waals surface area (Å²) in [7, 11) is -3.43. The van der Waals surface area contributed by atoms with Gasteiger partial charge in [-0.05, 0) is 42.3 Å². The topological polar surface area (TPSA) is 75.3 Å². The molecule has 0 fully saturated rings. The zero-order chi connectivity index (χ0) is 19.5. The summed E-state index contributed by atoms with van der Waals surface area (Å²) >= 11 is 17.9. The molecule has 2 aromatic carbocycles. The van der Waals surface area contributed by atoms with Crippen molar-refractivity contribution in [2.24, 2.45) is 0 Å². The van der Waals surface area contributed by atoms with Crippen LogP contribution >= 0.6 is 34.8 Å². The molecule has 0 saturated heterocycles. The first-order valence-corrected chi connectivity index (χ1v) is 10.6. The highest BCUT2D eigenvalue weighted by Crippen LogP contribution is 2.28. The first-order valence-electron chi connectivity index (χ1n) is 7.55. The molecule has 0 aliphatic rings. The zero-order valence-electron chi connectivity index (χ0n) is 14.0. The molecule has 2 aromatic rings. The molecule has 0 spiro atoms. The number of benzene rings is 2. The first-order chi connectivity index (χ1) is 12.1. The van der Waals surface area contributed by atoms with Crippen molar-refractivity contribution in [1.82, 2.24) is 5.32 Å². The van der Waals surface area contributed by atoms with Crippen molar-refractivity contribution in [3.63, 3.8) is 0 Å². The van der Waals surface area contributed by atoms with Crippen molar-refractivity contribution in [2.75, 3.05) is 11.0 Å². The van der Waals surface area contributed by atoms with Gasteiger partial charge in [0.05, 0.1) is 32.9 Å². The van der Waals surface area contributed by atoms with Gasteiger partial charge in [0.15, 0.2) is 0 Å². The molecule has 0 aliphatic carbocycles. The van der Waals surface area contributed by atoms with E-state index in [1.165, 1.54) is 6.07 Å². The molecule has 0 radical (unpaired) electrons. The van der Waals surface area contributed by atoms with Gasteiger partial charge in [-0.25, -0.2) is 8.42 Å². The number of nitrogens with one attached hydrogen (secondary N) is 2. The summed E-state index contributed by atoms with van der Waals surface area (Å²) in [6.45, 7) is 2.04. The molecule has 5 nitrogen and oxygen atoms in total. The number of halogens is 3. The average molecular weight is 436 g/mol. The van der Waals surface area contributed by atoms with Crippen LogP contribution in [0.2, 0.25) is 15.1 Å². The van der Waals surface area contributed by atoms with E-state index in [0.29, 0.717) is 22.2 Å². The Labute approximate surface area is 167 Å². The van der Waals surface area contributed by atoms with Crippen LogP contribution in [0, 0.1) is 0 Å². The second kappa shape index (κ2) is 8.48. The lowest BCUT2D eigenvalue weighted by molar-refractivity contribution is -0.122. The largest absolute Gasteiger partial charge is 0.352 e. The summed E-state index contributed by atoms with van der Waals surface area (Å²) in [5, 5.41) is 3.92. The van der Waals surface area contributed by atoms with Crippen LogP contribution in [-0.2, 0) is 21.4 Å². The van der Waals surface area contributed by atoms with E-state index in [-0.39, 0.29) is 16.6 Å². The predicted molar refractivity (Wildman–Crippen MR) is 107 cm³/mol. The third-order valence-electron chi connectivity index (χ3n) is 3.63. The number of carbonyl (C=O) groups is 1. The molecular formula is C17H17Cl3N2O3S. The van der Waals surface area contributed by atoms with Crippen LogP contribution in [-0.4, -0.2) is 20.6 Å². The van der Waals surface area contributed by atoms with Crippen molar-refractivity contribution in [3.05, 3.63) is 62.6 Å². The van der Waals surface area contributed by atoms with Gasteiger partial charge in [0.2, 0.25) is 15.9 Å². The minimum atomic E-state index is -3.43. The highest BCUT2D eigenvalue weighted by Gasteiger charge is 2.17. The van der Waals surface area contributed by atoms with Crippen molar-refractivity contribution in [3.8, 4) is 0 Å². The Kier molecular flexibility index (Phi) is 6.80. The second-order valence-electron chi connectivity index (χ2n) is 5.80. The van der Waals surface area contributed by atoms with E-state index in [0.717, 1.165) is 11.8 Å². The summed E-state index contributed by atoms with van der Waals surface area (Å²) in [6.07, 6.45) is 1.04. The van der Waals surface area contributed by atoms with Gasteiger partial charge >= 0.3 is 0 Å². The standard InChI is InChI=1S/C17H17Cl3N2O3S/c1-10(12-4-6-16(15(20)8-12)22-26(2,24)25)17(23)21-9-11-3-5-13(18)14(19)7-11/h3-8,10,22H,9H2,1-2H3,(H,21,23). The van der Waals surface area contributed by atoms with Crippen LogP contribution in [0.25, 0.3) is 0 Å². The summed E-state index contributed by atoms with van der Waals surface area (Å²) in [4.78, 5) is 12.4. The second-order valence-corrected chi connectivity index (χ2v) is 8.77. The smallest absolute Gasteiger partial charge is 0.229 e. The van der Waals surface area contributed by atoms with E-state index < -0.39 is 15.9 Å². The molecule has 1 unspecified atom stereocenters. The summed E-state index contributed by atoms with van der Waals surface area (Å²) in [5.74, 6) is -0.668. The number of amides is 1. The van der Waals surface area contributed by atoms with Crippen LogP contribution < -0.4 is 10.0 Å². The van der Waals surface area contributed by atoms with Crippen LogP contribution in [0.3, 0.4) is 0 Å². The molecule has 2 rings (SSSR count). The van der Waals surface area contributed by atoms with Gasteiger partial charge in [-0.15, -0.1) is 0 Å². The Balaban J connectivity index is 2.05. The lowest BCUT2D eigenvalue weighted by Gasteiger charge is -2.15. The lowest BCUT2D eigenvalue weighted by Crippen LogP contribution is -2.27. The fourth-order valence-electron chi connectivity index (χ4n) is 2.23. The maximum Gasteiger partial charge on any atom is 0.229 e. The minimum absolute atomic E-state index is 0.198. The van der Waals surface area contributed by atoms with Crippen molar-refractivity contribution in [2.45, 2.75) is 19.4 Å². The highest BCUT2D eigenvalue weighted by molar-refractivity contribution is 7.92. The fourth-order valence-corrected chi connectivity index (χ4v) is 3.42. The third-order valence-corrected chi connectivity index (χ3v) is 5.27. The van der Waals surface area contributed by atoms with Crippen LogP contribution in [0.15, 0.2) is 36.4 Å². The van der Waals surface area contributed by atoms with E-state index in [1.807, 2.05) is 0 Å². The maximum atomic E-state index is 12.4. The molecule has 1 amide bonds. The third kappa shape index (κ3) is 5.77. The van der Waals surface area contributed by atoms with Crippen molar-refractivity contribution in [1.29, 1.82) is 0 Å². The Morgan fingerprint density at radius 1 is 1.04 bits per heavy atom. The van der Waals surface area contributed by atoms with Gasteiger partial charge in [0.25, 0.3) is 0 Å². The zero-order valence-corrected chi connectivity index (χ0v) is 17.1. The number of carbonyl (C=O) groups excluding carboxylic acids is 1. The van der Waals surface area contributed by atoms with E-state index in [1.54, 1.807) is 37.3 Å². The fraction of sp³-hybridized carbons (Fsp3) is 0.235. The normalized spacial score (nSPS) is 12.5. The van der Waals surface area contributed by atoms with Crippen molar-refractivity contribution >= 4 is 56.4 Å². The summed E-state index contributed by atoms with van der Waals surface area (Å²) < 4.78 is 24.9. The molecule has 0 bridgehead atoms. The molecule has 0 heterocycles. The molecular weight excluding hydrogens is 419 g/mol. The molecule has 26 heavy (non-hydrogen) atoms. The molecule has 9 heteroatoms. The van der Waals surface area contributed by atoms with Gasteiger partial charge in [-0.3, -0.25) is 9.52 Å². The van der Waals surface area contributed by atoms with Crippen LogP contribution in [0.1, 0.15) is 24.0 Å². The first kappa shape index (κ1) is 20.8. The Bertz CT molecular complexity index is 933. The summed E-state index contributed by atoms with van der Waals surface area (Å²) in [5.41, 5.74) is 1.76. The van der Waals surface area contributed by atoms with Crippen LogP contribution in [0.4, 0.5) is 5.69 Å². The predicted octanol–water partition coefficient (Wildman–Crippen LogP) is 4.44. The number of hydrogen-bond donors (Lipinski definition) is 2.